The lowest BCUT2D eigenvalue weighted by Gasteiger charge is -2.05. The Morgan fingerprint density at radius 3 is 2.74 bits per heavy atom. The van der Waals surface area contributed by atoms with Crippen LogP contribution in [0.2, 0.25) is 0 Å². The Hall–Kier alpha value is -1.58. The average molecular weight is 420 g/mol. The van der Waals surface area contributed by atoms with Crippen molar-refractivity contribution in [3.63, 3.8) is 0 Å². The minimum atomic E-state index is -3.69. The molecule has 1 heterocycles. The van der Waals surface area contributed by atoms with Crippen LogP contribution in [0, 0.1) is 0 Å². The summed E-state index contributed by atoms with van der Waals surface area (Å²) in [7, 11) is -0.767. The fourth-order valence-electron chi connectivity index (χ4n) is 1.74. The van der Waals surface area contributed by atoms with E-state index in [-0.39, 0.29) is 15.7 Å². The predicted molar refractivity (Wildman–Crippen MR) is 89.7 cm³/mol. The number of hydrogen-bond acceptors (Lipinski definition) is 6. The Morgan fingerprint density at radius 2 is 2.09 bits per heavy atom. The second kappa shape index (κ2) is 7.33. The van der Waals surface area contributed by atoms with Crippen molar-refractivity contribution in [1.29, 1.82) is 0 Å². The number of benzene rings is 1. The fourth-order valence-corrected chi connectivity index (χ4v) is 5.84. The van der Waals surface area contributed by atoms with E-state index in [0.717, 1.165) is 11.3 Å². The van der Waals surface area contributed by atoms with E-state index in [2.05, 4.69) is 21.2 Å². The number of alkyl carbamates (subject to hydrolysis) is 1. The maximum absolute atomic E-state index is 12.7. The highest BCUT2D eigenvalue weighted by molar-refractivity contribution is 9.10. The van der Waals surface area contributed by atoms with Gasteiger partial charge in [-0.1, -0.05) is 6.07 Å². The zero-order chi connectivity index (χ0) is 17.0. The van der Waals surface area contributed by atoms with E-state index in [1.807, 2.05) is 0 Å². The Kier molecular flexibility index (Phi) is 5.66. The summed E-state index contributed by atoms with van der Waals surface area (Å²) in [6.07, 6.45) is -0.577. The SMILES string of the molecule is CNC(=O)OCc1cc(Br)c(S(=O)(=O)c2cccc(OC)c2)s1. The summed E-state index contributed by atoms with van der Waals surface area (Å²) >= 11 is 4.30. The number of methoxy groups -OCH3 is 1. The van der Waals surface area contributed by atoms with Gasteiger partial charge in [-0.15, -0.1) is 11.3 Å². The van der Waals surface area contributed by atoms with E-state index in [1.165, 1.54) is 26.3 Å². The van der Waals surface area contributed by atoms with Crippen LogP contribution in [-0.4, -0.2) is 28.7 Å². The Bertz CT molecular complexity index is 816. The average Bonchev–Trinajstić information content (AvgIpc) is 2.94. The van der Waals surface area contributed by atoms with Crippen LogP contribution in [0.15, 0.2) is 43.9 Å². The van der Waals surface area contributed by atoms with Crippen molar-refractivity contribution in [2.75, 3.05) is 14.2 Å². The van der Waals surface area contributed by atoms with Crippen molar-refractivity contribution in [1.82, 2.24) is 5.32 Å². The Labute approximate surface area is 146 Å². The van der Waals surface area contributed by atoms with Gasteiger partial charge in [0.2, 0.25) is 9.84 Å². The van der Waals surface area contributed by atoms with Gasteiger partial charge >= 0.3 is 6.09 Å². The van der Waals surface area contributed by atoms with Gasteiger partial charge < -0.3 is 14.8 Å². The van der Waals surface area contributed by atoms with Crippen LogP contribution in [0.25, 0.3) is 0 Å². The van der Waals surface area contributed by atoms with Crippen molar-refractivity contribution in [2.45, 2.75) is 15.7 Å². The van der Waals surface area contributed by atoms with Gasteiger partial charge in [-0.3, -0.25) is 0 Å². The molecule has 23 heavy (non-hydrogen) atoms. The summed E-state index contributed by atoms with van der Waals surface area (Å²) in [5, 5.41) is 2.32. The molecule has 0 saturated carbocycles. The highest BCUT2D eigenvalue weighted by Crippen LogP contribution is 2.36. The van der Waals surface area contributed by atoms with Gasteiger partial charge in [0.1, 0.15) is 16.6 Å². The topological polar surface area (TPSA) is 81.7 Å². The van der Waals surface area contributed by atoms with Crippen molar-refractivity contribution < 1.29 is 22.7 Å². The van der Waals surface area contributed by atoms with E-state index in [4.69, 9.17) is 9.47 Å². The van der Waals surface area contributed by atoms with Crippen LogP contribution in [0.4, 0.5) is 4.79 Å². The molecule has 2 aromatic rings. The summed E-state index contributed by atoms with van der Waals surface area (Å²) < 4.78 is 36.0. The van der Waals surface area contributed by atoms with Crippen molar-refractivity contribution in [2.24, 2.45) is 0 Å². The molecule has 0 unspecified atom stereocenters. The zero-order valence-electron chi connectivity index (χ0n) is 12.3. The number of amides is 1. The van der Waals surface area contributed by atoms with Gasteiger partial charge in [-0.2, -0.15) is 0 Å². The molecular weight excluding hydrogens is 406 g/mol. The molecule has 9 heteroatoms. The molecule has 0 bridgehead atoms. The maximum Gasteiger partial charge on any atom is 0.407 e. The van der Waals surface area contributed by atoms with Crippen LogP contribution in [0.3, 0.4) is 0 Å². The second-order valence-corrected chi connectivity index (χ2v) is 8.49. The monoisotopic (exact) mass is 419 g/mol. The van der Waals surface area contributed by atoms with E-state index < -0.39 is 15.9 Å². The second-order valence-electron chi connectivity index (χ2n) is 4.36. The third-order valence-electron chi connectivity index (χ3n) is 2.85. The summed E-state index contributed by atoms with van der Waals surface area (Å²) in [4.78, 5) is 11.8. The third-order valence-corrected chi connectivity index (χ3v) is 7.40. The van der Waals surface area contributed by atoms with Gasteiger partial charge in [0, 0.05) is 16.4 Å². The number of rotatable bonds is 5. The minimum Gasteiger partial charge on any atom is -0.497 e. The molecule has 2 rings (SSSR count). The number of sulfone groups is 1. The molecule has 0 saturated heterocycles. The Balaban J connectivity index is 2.33. The lowest BCUT2D eigenvalue weighted by atomic mass is 10.3. The Morgan fingerprint density at radius 1 is 1.35 bits per heavy atom. The quantitative estimate of drug-likeness (QED) is 0.804. The smallest absolute Gasteiger partial charge is 0.407 e. The highest BCUT2D eigenvalue weighted by Gasteiger charge is 2.24. The molecule has 0 radical (unpaired) electrons. The number of thiophene rings is 1. The third kappa shape index (κ3) is 4.04. The molecule has 1 N–H and O–H groups in total. The van der Waals surface area contributed by atoms with Gasteiger partial charge in [0.25, 0.3) is 0 Å². The standard InChI is InChI=1S/C14H14BrNO5S2/c1-16-14(17)21-8-10-7-12(15)13(22-10)23(18,19)11-5-3-4-9(6-11)20-2/h3-7H,8H2,1-2H3,(H,16,17). The summed E-state index contributed by atoms with van der Waals surface area (Å²) in [6.45, 7) is -0.00340. The van der Waals surface area contributed by atoms with Crippen LogP contribution in [0.1, 0.15) is 4.88 Å². The first-order valence-electron chi connectivity index (χ1n) is 6.40. The molecule has 0 spiro atoms. The molecule has 0 aliphatic heterocycles. The van der Waals surface area contributed by atoms with E-state index >= 15 is 0 Å². The van der Waals surface area contributed by atoms with E-state index in [0.29, 0.717) is 15.1 Å². The molecule has 0 aliphatic carbocycles. The van der Waals surface area contributed by atoms with Crippen molar-refractivity contribution in [3.8, 4) is 5.75 Å². The molecule has 1 aromatic carbocycles. The van der Waals surface area contributed by atoms with Crippen molar-refractivity contribution in [3.05, 3.63) is 39.7 Å². The lowest BCUT2D eigenvalue weighted by molar-refractivity contribution is 0.143. The van der Waals surface area contributed by atoms with E-state index in [1.54, 1.807) is 18.2 Å². The van der Waals surface area contributed by atoms with Crippen molar-refractivity contribution >= 4 is 43.2 Å². The predicted octanol–water partition coefficient (Wildman–Crippen LogP) is 3.21. The lowest BCUT2D eigenvalue weighted by Crippen LogP contribution is -2.18. The number of ether oxygens (including phenoxy) is 2. The highest BCUT2D eigenvalue weighted by atomic mass is 79.9. The first kappa shape index (κ1) is 17.8. The molecular formula is C14H14BrNO5S2. The van der Waals surface area contributed by atoms with Crippen LogP contribution in [0.5, 0.6) is 5.75 Å². The molecule has 1 aromatic heterocycles. The summed E-state index contributed by atoms with van der Waals surface area (Å²) in [5.41, 5.74) is 0. The number of halogens is 1. The van der Waals surface area contributed by atoms with Gasteiger partial charge in [-0.05, 0) is 40.2 Å². The van der Waals surface area contributed by atoms with Crippen LogP contribution < -0.4 is 10.1 Å². The van der Waals surface area contributed by atoms with E-state index in [9.17, 15) is 13.2 Å². The number of carbonyl (C=O) groups is 1. The summed E-state index contributed by atoms with van der Waals surface area (Å²) in [6, 6.07) is 7.88. The maximum atomic E-state index is 12.7. The van der Waals surface area contributed by atoms with Gasteiger partial charge in [0.15, 0.2) is 0 Å². The normalized spacial score (nSPS) is 11.1. The van der Waals surface area contributed by atoms with Gasteiger partial charge in [-0.25, -0.2) is 13.2 Å². The van der Waals surface area contributed by atoms with Gasteiger partial charge in [0.05, 0.1) is 12.0 Å². The largest absolute Gasteiger partial charge is 0.497 e. The van der Waals surface area contributed by atoms with Crippen LogP contribution >= 0.6 is 27.3 Å². The number of hydrogen-bond donors (Lipinski definition) is 1. The molecule has 124 valence electrons. The first-order valence-corrected chi connectivity index (χ1v) is 9.49. The zero-order valence-corrected chi connectivity index (χ0v) is 15.5. The molecule has 0 atom stereocenters. The molecule has 6 nitrogen and oxygen atoms in total. The van der Waals surface area contributed by atoms with Crippen LogP contribution in [-0.2, 0) is 21.2 Å². The first-order chi connectivity index (χ1) is 10.9. The minimum absolute atomic E-state index is 0.00340. The molecule has 0 aliphatic rings. The number of carbonyl (C=O) groups excluding carboxylic acids is 1. The number of nitrogens with one attached hydrogen (secondary N) is 1. The molecule has 1 amide bonds. The molecule has 0 fully saturated rings. The fraction of sp³-hybridized carbons (Fsp3) is 0.214. The summed E-state index contributed by atoms with van der Waals surface area (Å²) in [5.74, 6) is 0.460.